The fourth-order valence-corrected chi connectivity index (χ4v) is 5.07. The van der Waals surface area contributed by atoms with Gasteiger partial charge in [-0.15, -0.1) is 11.8 Å². The number of anilines is 3. The summed E-state index contributed by atoms with van der Waals surface area (Å²) in [6.07, 6.45) is 1.91. The molecule has 184 valence electrons. The van der Waals surface area contributed by atoms with Gasteiger partial charge in [-0.05, 0) is 86.0 Å². The molecule has 0 atom stereocenters. The van der Waals surface area contributed by atoms with Crippen LogP contribution in [0, 0.1) is 0 Å². The van der Waals surface area contributed by atoms with Crippen LogP contribution in [-0.2, 0) is 19.6 Å². The topological polar surface area (TPSA) is 105 Å². The highest BCUT2D eigenvalue weighted by Gasteiger charge is 2.27. The molecule has 0 radical (unpaired) electrons. The number of carbonyl (C=O) groups excluding carboxylic acids is 2. The van der Waals surface area contributed by atoms with E-state index in [0.717, 1.165) is 9.20 Å². The summed E-state index contributed by atoms with van der Waals surface area (Å²) in [6.45, 7) is 3.30. The van der Waals surface area contributed by atoms with Crippen molar-refractivity contribution in [2.45, 2.75) is 23.6 Å². The van der Waals surface area contributed by atoms with E-state index in [1.807, 2.05) is 13.2 Å². The van der Waals surface area contributed by atoms with Gasteiger partial charge in [-0.25, -0.2) is 8.42 Å². The Labute approximate surface area is 209 Å². The first kappa shape index (κ1) is 26.1. The van der Waals surface area contributed by atoms with Gasteiger partial charge in [0.25, 0.3) is 10.0 Å². The molecule has 10 heteroatoms. The number of sulfonamides is 1. The Kier molecular flexibility index (Phi) is 8.78. The highest BCUT2D eigenvalue weighted by Crippen LogP contribution is 2.27. The summed E-state index contributed by atoms with van der Waals surface area (Å²) in [5.41, 5.74) is 1.39. The molecule has 0 aliphatic rings. The number of carbonyl (C=O) groups is 2. The summed E-state index contributed by atoms with van der Waals surface area (Å²) in [7, 11) is -4.04. The Bertz CT molecular complexity index is 1260. The fraction of sp³-hybridized carbons (Fsp3) is 0.200. The normalized spacial score (nSPS) is 10.9. The molecule has 0 spiro atoms. The van der Waals surface area contributed by atoms with Gasteiger partial charge in [0.15, 0.2) is 0 Å². The Morgan fingerprint density at radius 2 is 1.46 bits per heavy atom. The Balaban J connectivity index is 1.87. The molecule has 0 unspecified atom stereocenters. The van der Waals surface area contributed by atoms with Crippen molar-refractivity contribution >= 4 is 50.7 Å². The largest absolute Gasteiger partial charge is 0.494 e. The minimum Gasteiger partial charge on any atom is -0.494 e. The van der Waals surface area contributed by atoms with Gasteiger partial charge in [0.2, 0.25) is 11.8 Å². The van der Waals surface area contributed by atoms with Gasteiger partial charge in [-0.1, -0.05) is 0 Å². The maximum absolute atomic E-state index is 13.5. The standard InChI is InChI=1S/C25H27N3O5S2/c1-4-33-22-11-9-21(10-12-22)28(35(31,32)24-15-13-23(34-3)14-16-24)17-25(30)27-20-7-5-19(6-8-20)26-18(2)29/h5-16H,4,17H2,1-3H3,(H,26,29)(H,27,30). The van der Waals surface area contributed by atoms with Gasteiger partial charge >= 0.3 is 0 Å². The van der Waals surface area contributed by atoms with E-state index < -0.39 is 22.5 Å². The number of ether oxygens (including phenoxy) is 1. The van der Waals surface area contributed by atoms with Crippen LogP contribution in [0.2, 0.25) is 0 Å². The molecule has 3 aromatic carbocycles. The van der Waals surface area contributed by atoms with Crippen LogP contribution < -0.4 is 19.7 Å². The van der Waals surface area contributed by atoms with Crippen LogP contribution in [0.5, 0.6) is 5.75 Å². The average molecular weight is 514 g/mol. The maximum atomic E-state index is 13.5. The van der Waals surface area contributed by atoms with Gasteiger partial charge in [0.05, 0.1) is 17.2 Å². The van der Waals surface area contributed by atoms with Crippen molar-refractivity contribution < 1.29 is 22.7 Å². The predicted molar refractivity (Wildman–Crippen MR) is 140 cm³/mol. The summed E-state index contributed by atoms with van der Waals surface area (Å²) < 4.78 is 33.6. The second-order valence-corrected chi connectivity index (χ2v) is 10.2. The van der Waals surface area contributed by atoms with Crippen molar-refractivity contribution in [2.75, 3.05) is 34.3 Å². The molecule has 2 amide bonds. The smallest absolute Gasteiger partial charge is 0.264 e. The van der Waals surface area contributed by atoms with Gasteiger partial charge in [-0.3, -0.25) is 13.9 Å². The minimum atomic E-state index is -4.04. The molecule has 0 aliphatic heterocycles. The summed E-state index contributed by atoms with van der Waals surface area (Å²) in [5.74, 6) is -0.124. The molecule has 0 aromatic heterocycles. The Morgan fingerprint density at radius 3 is 1.97 bits per heavy atom. The van der Waals surface area contributed by atoms with E-state index in [0.29, 0.717) is 29.4 Å². The fourth-order valence-electron chi connectivity index (χ4n) is 3.24. The van der Waals surface area contributed by atoms with Crippen molar-refractivity contribution in [3.63, 3.8) is 0 Å². The van der Waals surface area contributed by atoms with Crippen molar-refractivity contribution in [1.29, 1.82) is 0 Å². The van der Waals surface area contributed by atoms with Gasteiger partial charge in [0, 0.05) is 23.2 Å². The van der Waals surface area contributed by atoms with E-state index in [9.17, 15) is 18.0 Å². The highest BCUT2D eigenvalue weighted by molar-refractivity contribution is 7.98. The third-order valence-electron chi connectivity index (χ3n) is 4.86. The SMILES string of the molecule is CCOc1ccc(N(CC(=O)Nc2ccc(NC(C)=O)cc2)S(=O)(=O)c2ccc(SC)cc2)cc1. The number of nitrogens with one attached hydrogen (secondary N) is 2. The number of nitrogens with zero attached hydrogens (tertiary/aromatic N) is 1. The molecule has 0 aliphatic carbocycles. The third kappa shape index (κ3) is 7.00. The molecular weight excluding hydrogens is 486 g/mol. The lowest BCUT2D eigenvalue weighted by Crippen LogP contribution is -2.38. The first-order chi connectivity index (χ1) is 16.7. The summed E-state index contributed by atoms with van der Waals surface area (Å²) in [6, 6.07) is 19.6. The zero-order chi connectivity index (χ0) is 25.4. The molecule has 0 fully saturated rings. The molecule has 0 bridgehead atoms. The summed E-state index contributed by atoms with van der Waals surface area (Å²) in [4.78, 5) is 25.1. The van der Waals surface area contributed by atoms with Gasteiger partial charge in [-0.2, -0.15) is 0 Å². The Hall–Kier alpha value is -3.50. The van der Waals surface area contributed by atoms with E-state index in [4.69, 9.17) is 4.74 Å². The summed E-state index contributed by atoms with van der Waals surface area (Å²) >= 11 is 1.51. The van der Waals surface area contributed by atoms with Crippen molar-refractivity contribution in [3.05, 3.63) is 72.8 Å². The predicted octanol–water partition coefficient (Wildman–Crippen LogP) is 4.60. The molecule has 0 saturated heterocycles. The van der Waals surface area contributed by atoms with Crippen LogP contribution >= 0.6 is 11.8 Å². The van der Waals surface area contributed by atoms with Crippen LogP contribution in [0.15, 0.2) is 82.6 Å². The molecule has 2 N–H and O–H groups in total. The zero-order valence-corrected chi connectivity index (χ0v) is 21.3. The van der Waals surface area contributed by atoms with Crippen LogP contribution in [0.3, 0.4) is 0 Å². The monoisotopic (exact) mass is 513 g/mol. The van der Waals surface area contributed by atoms with Crippen molar-refractivity contribution in [3.8, 4) is 5.75 Å². The molecule has 0 saturated carbocycles. The number of rotatable bonds is 10. The number of benzene rings is 3. The number of hydrogen-bond acceptors (Lipinski definition) is 6. The zero-order valence-electron chi connectivity index (χ0n) is 19.6. The first-order valence-electron chi connectivity index (χ1n) is 10.8. The third-order valence-corrected chi connectivity index (χ3v) is 7.39. The number of thioether (sulfide) groups is 1. The van der Waals surface area contributed by atoms with Gasteiger partial charge < -0.3 is 15.4 Å². The average Bonchev–Trinajstić information content (AvgIpc) is 2.84. The first-order valence-corrected chi connectivity index (χ1v) is 13.5. The van der Waals surface area contributed by atoms with E-state index in [2.05, 4.69) is 10.6 Å². The van der Waals surface area contributed by atoms with Crippen LogP contribution in [0.1, 0.15) is 13.8 Å². The van der Waals surface area contributed by atoms with Crippen LogP contribution in [0.4, 0.5) is 17.1 Å². The molecular formula is C25H27N3O5S2. The molecule has 3 aromatic rings. The Morgan fingerprint density at radius 1 is 0.886 bits per heavy atom. The van der Waals surface area contributed by atoms with Gasteiger partial charge in [0.1, 0.15) is 12.3 Å². The second kappa shape index (κ2) is 11.8. The van der Waals surface area contributed by atoms with E-state index >= 15 is 0 Å². The van der Waals surface area contributed by atoms with E-state index in [1.165, 1.54) is 30.8 Å². The molecule has 3 rings (SSSR count). The van der Waals surface area contributed by atoms with E-state index in [1.54, 1.807) is 60.7 Å². The van der Waals surface area contributed by atoms with Crippen molar-refractivity contribution in [2.24, 2.45) is 0 Å². The molecule has 35 heavy (non-hydrogen) atoms. The number of amides is 2. The van der Waals surface area contributed by atoms with Crippen molar-refractivity contribution in [1.82, 2.24) is 0 Å². The number of hydrogen-bond donors (Lipinski definition) is 2. The van der Waals surface area contributed by atoms with Crippen LogP contribution in [-0.4, -0.2) is 39.6 Å². The molecule has 8 nitrogen and oxygen atoms in total. The lowest BCUT2D eigenvalue weighted by Gasteiger charge is -2.24. The highest BCUT2D eigenvalue weighted by atomic mass is 32.2. The lowest BCUT2D eigenvalue weighted by molar-refractivity contribution is -0.115. The maximum Gasteiger partial charge on any atom is 0.264 e. The second-order valence-electron chi connectivity index (χ2n) is 7.42. The lowest BCUT2D eigenvalue weighted by atomic mass is 10.2. The molecule has 0 heterocycles. The van der Waals surface area contributed by atoms with Crippen LogP contribution in [0.25, 0.3) is 0 Å². The van der Waals surface area contributed by atoms with E-state index in [-0.39, 0.29) is 10.8 Å². The minimum absolute atomic E-state index is 0.0802. The quantitative estimate of drug-likeness (QED) is 0.384. The summed E-state index contributed by atoms with van der Waals surface area (Å²) in [5, 5.41) is 5.36.